The van der Waals surface area contributed by atoms with E-state index in [1.54, 1.807) is 8.99 Å². The monoisotopic (exact) mass is 388 g/mol. The second-order valence-electron chi connectivity index (χ2n) is 7.83. The predicted octanol–water partition coefficient (Wildman–Crippen LogP) is 1.97. The standard InChI is InChI=1S/C19H24N4O3S/c1-13-4-5-16-14(10-13)15-12-21(2)8-6-17(15)23(16)27(24,25)18-11-20-22-7-3-9-26-19(18)22/h4-5,10-11,15,17H,3,6-9,12H2,1-2H3/t15-,17-/m0/s1. The highest BCUT2D eigenvalue weighted by Gasteiger charge is 2.48. The first-order valence-corrected chi connectivity index (χ1v) is 10.9. The molecule has 7 nitrogen and oxygen atoms in total. The van der Waals surface area contributed by atoms with Gasteiger partial charge in [0.1, 0.15) is 0 Å². The van der Waals surface area contributed by atoms with Crippen LogP contribution in [0.2, 0.25) is 0 Å². The van der Waals surface area contributed by atoms with Crippen LogP contribution in [0.15, 0.2) is 29.3 Å². The number of hydrogen-bond donors (Lipinski definition) is 0. The smallest absolute Gasteiger partial charge is 0.271 e. The summed E-state index contributed by atoms with van der Waals surface area (Å²) in [6.07, 6.45) is 3.11. The Morgan fingerprint density at radius 1 is 1.26 bits per heavy atom. The van der Waals surface area contributed by atoms with Gasteiger partial charge in [-0.15, -0.1) is 0 Å². The Labute approximate surface area is 159 Å². The van der Waals surface area contributed by atoms with E-state index in [1.165, 1.54) is 6.20 Å². The molecule has 0 amide bonds. The summed E-state index contributed by atoms with van der Waals surface area (Å²) >= 11 is 0. The third-order valence-electron chi connectivity index (χ3n) is 5.95. The molecular formula is C19H24N4O3S. The van der Waals surface area contributed by atoms with E-state index in [0.717, 1.165) is 42.7 Å². The van der Waals surface area contributed by atoms with Crippen LogP contribution in [0.5, 0.6) is 5.88 Å². The van der Waals surface area contributed by atoms with Gasteiger partial charge in [0.15, 0.2) is 4.90 Å². The van der Waals surface area contributed by atoms with E-state index in [9.17, 15) is 8.42 Å². The Bertz CT molecular complexity index is 1000. The van der Waals surface area contributed by atoms with Gasteiger partial charge in [-0.2, -0.15) is 5.10 Å². The quantitative estimate of drug-likeness (QED) is 0.787. The summed E-state index contributed by atoms with van der Waals surface area (Å²) in [6.45, 7) is 5.04. The third kappa shape index (κ3) is 2.50. The summed E-state index contributed by atoms with van der Waals surface area (Å²) in [7, 11) is -1.64. The van der Waals surface area contributed by atoms with Crippen LogP contribution in [0, 0.1) is 6.92 Å². The van der Waals surface area contributed by atoms with Crippen molar-refractivity contribution in [1.29, 1.82) is 0 Å². The SMILES string of the molecule is Cc1ccc2c(c1)[C@@H]1CN(C)CC[C@@H]1N2S(=O)(=O)c1cnn2c1OCCC2. The maximum Gasteiger partial charge on any atom is 0.271 e. The lowest BCUT2D eigenvalue weighted by Gasteiger charge is -2.36. The van der Waals surface area contributed by atoms with E-state index >= 15 is 0 Å². The van der Waals surface area contributed by atoms with Crippen molar-refractivity contribution >= 4 is 15.7 Å². The summed E-state index contributed by atoms with van der Waals surface area (Å²) in [5.74, 6) is 0.576. The molecule has 0 radical (unpaired) electrons. The summed E-state index contributed by atoms with van der Waals surface area (Å²) in [5.41, 5.74) is 3.10. The van der Waals surface area contributed by atoms with Crippen molar-refractivity contribution in [3.05, 3.63) is 35.5 Å². The first-order chi connectivity index (χ1) is 13.0. The van der Waals surface area contributed by atoms with Crippen molar-refractivity contribution < 1.29 is 13.2 Å². The van der Waals surface area contributed by atoms with E-state index in [2.05, 4.69) is 30.0 Å². The van der Waals surface area contributed by atoms with E-state index < -0.39 is 10.0 Å². The van der Waals surface area contributed by atoms with Crippen molar-refractivity contribution in [2.45, 2.75) is 43.2 Å². The number of benzene rings is 1. The minimum Gasteiger partial charge on any atom is -0.477 e. The van der Waals surface area contributed by atoms with Gasteiger partial charge >= 0.3 is 0 Å². The molecule has 1 aromatic heterocycles. The molecule has 0 aliphatic carbocycles. The predicted molar refractivity (Wildman–Crippen MR) is 102 cm³/mol. The van der Waals surface area contributed by atoms with Crippen LogP contribution >= 0.6 is 0 Å². The second-order valence-corrected chi connectivity index (χ2v) is 9.61. The Morgan fingerprint density at radius 3 is 2.96 bits per heavy atom. The lowest BCUT2D eigenvalue weighted by Crippen LogP contribution is -2.47. The maximum absolute atomic E-state index is 13.7. The number of ether oxygens (including phenoxy) is 1. The molecule has 144 valence electrons. The van der Waals surface area contributed by atoms with Gasteiger partial charge in [-0.1, -0.05) is 17.7 Å². The number of sulfonamides is 1. The molecule has 1 aromatic carbocycles. The van der Waals surface area contributed by atoms with Crippen LogP contribution in [-0.2, 0) is 16.6 Å². The number of hydrogen-bond acceptors (Lipinski definition) is 5. The number of anilines is 1. The van der Waals surface area contributed by atoms with Crippen LogP contribution in [0.4, 0.5) is 5.69 Å². The second kappa shape index (κ2) is 5.97. The van der Waals surface area contributed by atoms with Gasteiger partial charge < -0.3 is 9.64 Å². The van der Waals surface area contributed by atoms with Crippen molar-refractivity contribution in [1.82, 2.24) is 14.7 Å². The van der Waals surface area contributed by atoms with Gasteiger partial charge in [-0.05, 0) is 38.6 Å². The Morgan fingerprint density at radius 2 is 2.11 bits per heavy atom. The molecule has 2 aromatic rings. The zero-order valence-corrected chi connectivity index (χ0v) is 16.4. The van der Waals surface area contributed by atoms with Crippen LogP contribution in [0.25, 0.3) is 0 Å². The number of likely N-dealkylation sites (N-methyl/N-ethyl adjacent to an activating group) is 1. The lowest BCUT2D eigenvalue weighted by atomic mass is 9.89. The molecular weight excluding hydrogens is 364 g/mol. The molecule has 3 aliphatic heterocycles. The molecule has 2 atom stereocenters. The summed E-state index contributed by atoms with van der Waals surface area (Å²) in [6, 6.07) is 6.04. The van der Waals surface area contributed by atoms with Crippen molar-refractivity contribution in [3.8, 4) is 5.88 Å². The van der Waals surface area contributed by atoms with Gasteiger partial charge in [0.25, 0.3) is 10.0 Å². The maximum atomic E-state index is 13.7. The molecule has 0 saturated carbocycles. The summed E-state index contributed by atoms with van der Waals surface area (Å²) in [4.78, 5) is 2.47. The Balaban J connectivity index is 1.65. The zero-order chi connectivity index (χ0) is 18.8. The molecule has 1 fully saturated rings. The molecule has 4 heterocycles. The van der Waals surface area contributed by atoms with Crippen molar-refractivity contribution in [3.63, 3.8) is 0 Å². The Kier molecular flexibility index (Phi) is 3.77. The van der Waals surface area contributed by atoms with Gasteiger partial charge in [-0.3, -0.25) is 4.31 Å². The number of fused-ring (bicyclic) bond motifs is 4. The van der Waals surface area contributed by atoms with Gasteiger partial charge in [0.2, 0.25) is 5.88 Å². The number of aromatic nitrogens is 2. The Hall–Kier alpha value is -2.06. The minimum absolute atomic E-state index is 0.0536. The first-order valence-electron chi connectivity index (χ1n) is 9.49. The number of likely N-dealkylation sites (tertiary alicyclic amines) is 1. The molecule has 0 spiro atoms. The largest absolute Gasteiger partial charge is 0.477 e. The molecule has 0 unspecified atom stereocenters. The average Bonchev–Trinajstić information content (AvgIpc) is 3.21. The van der Waals surface area contributed by atoms with E-state index in [1.807, 2.05) is 12.1 Å². The molecule has 1 saturated heterocycles. The molecule has 0 bridgehead atoms. The fourth-order valence-electron chi connectivity index (χ4n) is 4.67. The number of piperidine rings is 1. The molecule has 8 heteroatoms. The highest BCUT2D eigenvalue weighted by Crippen LogP contribution is 2.48. The topological polar surface area (TPSA) is 67.7 Å². The fourth-order valence-corrected chi connectivity index (χ4v) is 6.49. The highest BCUT2D eigenvalue weighted by atomic mass is 32.2. The number of rotatable bonds is 2. The van der Waals surface area contributed by atoms with Gasteiger partial charge in [0, 0.05) is 25.4 Å². The molecule has 27 heavy (non-hydrogen) atoms. The summed E-state index contributed by atoms with van der Waals surface area (Å²) in [5, 5.41) is 4.26. The number of aryl methyl sites for hydroxylation is 2. The third-order valence-corrected chi connectivity index (χ3v) is 7.77. The summed E-state index contributed by atoms with van der Waals surface area (Å²) < 4.78 is 36.5. The lowest BCUT2D eigenvalue weighted by molar-refractivity contribution is 0.224. The van der Waals surface area contributed by atoms with E-state index in [0.29, 0.717) is 19.0 Å². The molecule has 3 aliphatic rings. The van der Waals surface area contributed by atoms with Gasteiger partial charge in [-0.25, -0.2) is 13.1 Å². The number of nitrogens with zero attached hydrogens (tertiary/aromatic N) is 4. The van der Waals surface area contributed by atoms with Crippen molar-refractivity contribution in [2.24, 2.45) is 0 Å². The fraction of sp³-hybridized carbons (Fsp3) is 0.526. The van der Waals surface area contributed by atoms with Crippen molar-refractivity contribution in [2.75, 3.05) is 31.0 Å². The molecule has 5 rings (SSSR count). The average molecular weight is 388 g/mol. The van der Waals surface area contributed by atoms with Gasteiger partial charge in [0.05, 0.1) is 24.5 Å². The van der Waals surface area contributed by atoms with Crippen LogP contribution in [0.3, 0.4) is 0 Å². The van der Waals surface area contributed by atoms with Crippen LogP contribution in [0.1, 0.15) is 29.9 Å². The minimum atomic E-state index is -3.74. The molecule has 0 N–H and O–H groups in total. The highest BCUT2D eigenvalue weighted by molar-refractivity contribution is 7.93. The normalized spacial score (nSPS) is 24.9. The van der Waals surface area contributed by atoms with E-state index in [-0.39, 0.29) is 16.9 Å². The van der Waals surface area contributed by atoms with Crippen LogP contribution < -0.4 is 9.04 Å². The zero-order valence-electron chi connectivity index (χ0n) is 15.6. The van der Waals surface area contributed by atoms with Crippen LogP contribution in [-0.4, -0.2) is 55.9 Å². The first kappa shape index (κ1) is 17.1. The van der Waals surface area contributed by atoms with E-state index in [4.69, 9.17) is 4.74 Å².